The van der Waals surface area contributed by atoms with Crippen LogP contribution in [0.3, 0.4) is 0 Å². The van der Waals surface area contributed by atoms with Gasteiger partial charge in [-0.15, -0.1) is 0 Å². The number of amides is 1. The van der Waals surface area contributed by atoms with Crippen molar-refractivity contribution in [1.29, 1.82) is 0 Å². The van der Waals surface area contributed by atoms with Gasteiger partial charge in [-0.2, -0.15) is 9.78 Å². The molecule has 1 aromatic heterocycles. The number of benzene rings is 2. The molecule has 3 aromatic rings. The highest BCUT2D eigenvalue weighted by Gasteiger charge is 2.40. The molecular formula is C29H32IN3O4. The lowest BCUT2D eigenvalue weighted by Crippen LogP contribution is -2.45. The first-order valence-electron chi connectivity index (χ1n) is 12.9. The lowest BCUT2D eigenvalue weighted by atomic mass is 9.91. The molecule has 1 amide bonds. The fourth-order valence-corrected chi connectivity index (χ4v) is 5.59. The maximum absolute atomic E-state index is 13.9. The number of aromatic nitrogens is 2. The zero-order valence-electron chi connectivity index (χ0n) is 21.2. The van der Waals surface area contributed by atoms with Gasteiger partial charge in [0, 0.05) is 28.3 Å². The maximum Gasteiger partial charge on any atom is 0.435 e. The third-order valence-electron chi connectivity index (χ3n) is 6.83. The number of alkyl halides is 1. The summed E-state index contributed by atoms with van der Waals surface area (Å²) in [4.78, 5) is 28.6. The van der Waals surface area contributed by atoms with Gasteiger partial charge in [0.15, 0.2) is 0 Å². The first-order valence-corrected chi connectivity index (χ1v) is 14.4. The molecule has 8 heteroatoms. The van der Waals surface area contributed by atoms with Gasteiger partial charge in [-0.3, -0.25) is 4.79 Å². The summed E-state index contributed by atoms with van der Waals surface area (Å²) in [5.74, 6) is 0.887. The molecule has 1 unspecified atom stereocenters. The largest absolute Gasteiger partial charge is 0.491 e. The van der Waals surface area contributed by atoms with Crippen LogP contribution in [0.2, 0.25) is 0 Å². The van der Waals surface area contributed by atoms with Crippen molar-refractivity contribution in [3.8, 4) is 5.75 Å². The van der Waals surface area contributed by atoms with E-state index >= 15 is 0 Å². The second-order valence-electron chi connectivity index (χ2n) is 10.0. The van der Waals surface area contributed by atoms with Crippen molar-refractivity contribution in [2.75, 3.05) is 0 Å². The van der Waals surface area contributed by atoms with Gasteiger partial charge in [-0.1, -0.05) is 52.9 Å². The third kappa shape index (κ3) is 6.00. The summed E-state index contributed by atoms with van der Waals surface area (Å²) in [6.45, 7) is 4.21. The van der Waals surface area contributed by atoms with Gasteiger partial charge in [-0.05, 0) is 80.8 Å². The monoisotopic (exact) mass is 613 g/mol. The Morgan fingerprint density at radius 2 is 1.89 bits per heavy atom. The molecule has 0 bridgehead atoms. The number of hydrogen-bond donors (Lipinski definition) is 0. The van der Waals surface area contributed by atoms with E-state index in [9.17, 15) is 9.59 Å². The Balaban J connectivity index is 1.30. The smallest absolute Gasteiger partial charge is 0.435 e. The third-order valence-corrected chi connectivity index (χ3v) is 7.65. The molecule has 1 fully saturated rings. The number of carbonyl (C=O) groups is 2. The van der Waals surface area contributed by atoms with Crippen molar-refractivity contribution in [2.24, 2.45) is 0 Å². The zero-order chi connectivity index (χ0) is 25.9. The molecule has 1 saturated carbocycles. The van der Waals surface area contributed by atoms with Crippen molar-refractivity contribution < 1.29 is 19.1 Å². The number of nitrogens with zero attached hydrogens (tertiary/aromatic N) is 3. The molecule has 0 N–H and O–H groups in total. The summed E-state index contributed by atoms with van der Waals surface area (Å²) < 4.78 is 13.4. The highest BCUT2D eigenvalue weighted by Crippen LogP contribution is 2.36. The molecule has 194 valence electrons. The van der Waals surface area contributed by atoms with Crippen LogP contribution in [0.25, 0.3) is 0 Å². The second kappa shape index (κ2) is 11.2. The Morgan fingerprint density at radius 1 is 1.11 bits per heavy atom. The zero-order valence-corrected chi connectivity index (χ0v) is 23.4. The van der Waals surface area contributed by atoms with Crippen LogP contribution < -0.4 is 4.74 Å². The minimum absolute atomic E-state index is 0.0825. The Hall–Kier alpha value is -2.88. The van der Waals surface area contributed by atoms with Crippen molar-refractivity contribution in [3.63, 3.8) is 0 Å². The fraction of sp³-hybridized carbons (Fsp3) is 0.414. The SMILES string of the molecule is CC(C)Oc1ccc(C(=O)N(C2CC2)C2CCc3nn(C(=O)OCc4ccccc4)cc3C2)c(CI)c1. The Kier molecular flexibility index (Phi) is 7.83. The topological polar surface area (TPSA) is 73.7 Å². The standard InChI is InChI=1S/C29H32IN3O4/c1-19(2)37-25-11-12-26(21(15-25)16-30)28(34)33(23-8-9-23)24-10-13-27-22(14-24)17-32(31-27)29(35)36-18-20-6-4-3-5-7-20/h3-7,11-12,15,17,19,23-24H,8-10,13-14,16,18H2,1-2H3. The summed E-state index contributed by atoms with van der Waals surface area (Å²) in [5, 5.41) is 4.50. The van der Waals surface area contributed by atoms with Crippen molar-refractivity contribution in [1.82, 2.24) is 14.7 Å². The minimum atomic E-state index is -0.486. The summed E-state index contributed by atoms with van der Waals surface area (Å²) in [6, 6.07) is 15.8. The predicted molar refractivity (Wildman–Crippen MR) is 149 cm³/mol. The molecule has 2 aliphatic carbocycles. The normalized spacial score (nSPS) is 16.8. The molecule has 2 aliphatic rings. The summed E-state index contributed by atoms with van der Waals surface area (Å²) in [7, 11) is 0. The highest BCUT2D eigenvalue weighted by atomic mass is 127. The van der Waals surface area contributed by atoms with Gasteiger partial charge in [0.25, 0.3) is 5.91 Å². The van der Waals surface area contributed by atoms with E-state index < -0.39 is 6.09 Å². The molecule has 0 saturated heterocycles. The van der Waals surface area contributed by atoms with Crippen molar-refractivity contribution in [3.05, 3.63) is 82.7 Å². The van der Waals surface area contributed by atoms with E-state index in [4.69, 9.17) is 9.47 Å². The Labute approximate surface area is 231 Å². The first kappa shape index (κ1) is 25.8. The molecule has 0 spiro atoms. The molecule has 0 radical (unpaired) electrons. The number of carbonyl (C=O) groups excluding carboxylic acids is 2. The van der Waals surface area contributed by atoms with E-state index in [0.29, 0.717) is 6.42 Å². The number of ether oxygens (including phenoxy) is 2. The number of rotatable bonds is 8. The summed E-state index contributed by atoms with van der Waals surface area (Å²) in [6.07, 6.45) is 5.70. The van der Waals surface area contributed by atoms with E-state index in [-0.39, 0.29) is 30.7 Å². The number of halogens is 1. The molecular weight excluding hydrogens is 581 g/mol. The number of hydrogen-bond acceptors (Lipinski definition) is 5. The molecule has 7 nitrogen and oxygen atoms in total. The van der Waals surface area contributed by atoms with Crippen LogP contribution in [-0.4, -0.2) is 44.9 Å². The predicted octanol–water partition coefficient (Wildman–Crippen LogP) is 5.95. The van der Waals surface area contributed by atoms with Crippen LogP contribution in [0.1, 0.15) is 65.9 Å². The Bertz CT molecular complexity index is 1270. The minimum Gasteiger partial charge on any atom is -0.491 e. The summed E-state index contributed by atoms with van der Waals surface area (Å²) >= 11 is 2.31. The average Bonchev–Trinajstić information content (AvgIpc) is 3.64. The van der Waals surface area contributed by atoms with E-state index in [0.717, 1.165) is 63.8 Å². The second-order valence-corrected chi connectivity index (χ2v) is 10.8. The van der Waals surface area contributed by atoms with Gasteiger partial charge in [0.05, 0.1) is 11.8 Å². The number of fused-ring (bicyclic) bond motifs is 1. The fourth-order valence-electron chi connectivity index (χ4n) is 4.96. The van der Waals surface area contributed by atoms with Crippen LogP contribution >= 0.6 is 22.6 Å². The van der Waals surface area contributed by atoms with Gasteiger partial charge < -0.3 is 14.4 Å². The summed E-state index contributed by atoms with van der Waals surface area (Å²) in [5.41, 5.74) is 4.62. The van der Waals surface area contributed by atoms with Crippen LogP contribution in [0, 0.1) is 0 Å². The maximum atomic E-state index is 13.9. The van der Waals surface area contributed by atoms with E-state index in [1.807, 2.05) is 62.4 Å². The van der Waals surface area contributed by atoms with E-state index in [1.165, 1.54) is 4.68 Å². The van der Waals surface area contributed by atoms with Crippen LogP contribution in [0.4, 0.5) is 4.79 Å². The molecule has 37 heavy (non-hydrogen) atoms. The average molecular weight is 613 g/mol. The quantitative estimate of drug-likeness (QED) is 0.232. The van der Waals surface area contributed by atoms with Crippen molar-refractivity contribution in [2.45, 2.75) is 75.2 Å². The van der Waals surface area contributed by atoms with Crippen molar-refractivity contribution >= 4 is 34.6 Å². The van der Waals surface area contributed by atoms with E-state index in [2.05, 4.69) is 32.6 Å². The van der Waals surface area contributed by atoms with Gasteiger partial charge in [0.2, 0.25) is 0 Å². The van der Waals surface area contributed by atoms with Gasteiger partial charge in [0.1, 0.15) is 12.4 Å². The molecule has 2 aromatic carbocycles. The molecule has 5 rings (SSSR count). The molecule has 1 heterocycles. The lowest BCUT2D eigenvalue weighted by Gasteiger charge is -2.35. The first-order chi connectivity index (χ1) is 17.9. The lowest BCUT2D eigenvalue weighted by molar-refractivity contribution is 0.0642. The van der Waals surface area contributed by atoms with Crippen LogP contribution in [0.5, 0.6) is 5.75 Å². The van der Waals surface area contributed by atoms with Gasteiger partial charge in [-0.25, -0.2) is 4.79 Å². The number of aryl methyl sites for hydroxylation is 1. The molecule has 0 aliphatic heterocycles. The molecule has 1 atom stereocenters. The van der Waals surface area contributed by atoms with E-state index in [1.54, 1.807) is 6.20 Å². The Morgan fingerprint density at radius 3 is 2.59 bits per heavy atom. The van der Waals surface area contributed by atoms with Crippen LogP contribution in [0.15, 0.2) is 54.7 Å². The highest BCUT2D eigenvalue weighted by molar-refractivity contribution is 14.1. The van der Waals surface area contributed by atoms with Gasteiger partial charge >= 0.3 is 6.09 Å². The van der Waals surface area contributed by atoms with Crippen LogP contribution in [-0.2, 0) is 28.6 Å².